The first-order valence-electron chi connectivity index (χ1n) is 41.8. The molecule has 0 rings (SSSR count). The molecule has 0 aliphatic rings. The van der Waals surface area contributed by atoms with E-state index in [-0.39, 0.29) is 18.5 Å². The summed E-state index contributed by atoms with van der Waals surface area (Å²) >= 11 is 0. The van der Waals surface area contributed by atoms with Crippen molar-refractivity contribution in [2.45, 2.75) is 508 Å². The summed E-state index contributed by atoms with van der Waals surface area (Å²) in [4.78, 5) is 24.7. The highest BCUT2D eigenvalue weighted by Crippen LogP contribution is 2.21. The Morgan fingerprint density at radius 3 is 0.685 bits per heavy atom. The third-order valence-corrected chi connectivity index (χ3v) is 20.2. The SMILES string of the molecule is CCCCCCCCCCCCCCCCCCCC(O)C(CO)NC(=O)CCCCCCCCCCCCCCCCCCCCCCCCCCCCCCCCCCCCCCCCCOC(=O)CCCCCCCCCCCCCCCCCC. The number of amides is 1. The van der Waals surface area contributed by atoms with Crippen LogP contribution in [0.5, 0.6) is 0 Å². The maximum atomic E-state index is 12.5. The van der Waals surface area contributed by atoms with Gasteiger partial charge in [-0.25, -0.2) is 0 Å². The van der Waals surface area contributed by atoms with Crippen molar-refractivity contribution in [1.82, 2.24) is 5.32 Å². The molecular formula is C83H165NO5. The molecule has 0 spiro atoms. The monoisotopic (exact) mass is 1260 g/mol. The molecule has 6 nitrogen and oxygen atoms in total. The van der Waals surface area contributed by atoms with Crippen molar-refractivity contribution in [3.05, 3.63) is 0 Å². The van der Waals surface area contributed by atoms with Crippen molar-refractivity contribution in [1.29, 1.82) is 0 Å². The van der Waals surface area contributed by atoms with Crippen LogP contribution in [0.1, 0.15) is 495 Å². The largest absolute Gasteiger partial charge is 0.466 e. The molecule has 0 radical (unpaired) electrons. The van der Waals surface area contributed by atoms with Gasteiger partial charge in [0, 0.05) is 12.8 Å². The second kappa shape index (κ2) is 79.3. The van der Waals surface area contributed by atoms with E-state index in [1.165, 1.54) is 424 Å². The van der Waals surface area contributed by atoms with Gasteiger partial charge in [-0.05, 0) is 25.7 Å². The second-order valence-electron chi connectivity index (χ2n) is 29.2. The molecule has 532 valence electrons. The van der Waals surface area contributed by atoms with Crippen LogP contribution in [0.25, 0.3) is 0 Å². The summed E-state index contributed by atoms with van der Waals surface area (Å²) in [5.41, 5.74) is 0. The maximum absolute atomic E-state index is 12.5. The highest BCUT2D eigenvalue weighted by atomic mass is 16.5. The summed E-state index contributed by atoms with van der Waals surface area (Å²) < 4.78 is 5.52. The molecule has 0 aromatic rings. The van der Waals surface area contributed by atoms with Gasteiger partial charge in [0.2, 0.25) is 5.91 Å². The molecule has 0 aromatic carbocycles. The zero-order chi connectivity index (χ0) is 64.2. The van der Waals surface area contributed by atoms with Crippen molar-refractivity contribution in [2.24, 2.45) is 0 Å². The quantitative estimate of drug-likeness (QED) is 0.0417. The number of carbonyl (C=O) groups is 2. The lowest BCUT2D eigenvalue weighted by Crippen LogP contribution is -2.45. The lowest BCUT2D eigenvalue weighted by molar-refractivity contribution is -0.143. The van der Waals surface area contributed by atoms with Crippen LogP contribution in [-0.2, 0) is 14.3 Å². The van der Waals surface area contributed by atoms with Gasteiger partial charge in [0.1, 0.15) is 0 Å². The Balaban J connectivity index is 3.27. The van der Waals surface area contributed by atoms with Gasteiger partial charge in [0.25, 0.3) is 0 Å². The van der Waals surface area contributed by atoms with Crippen LogP contribution >= 0.6 is 0 Å². The molecule has 2 atom stereocenters. The fourth-order valence-electron chi connectivity index (χ4n) is 13.8. The Labute approximate surface area is 559 Å². The predicted octanol–water partition coefficient (Wildman–Crippen LogP) is 27.7. The number of unbranched alkanes of at least 4 members (excludes halogenated alkanes) is 69. The Bertz CT molecular complexity index is 1310. The molecule has 0 aliphatic heterocycles. The Morgan fingerprint density at radius 1 is 0.270 bits per heavy atom. The molecule has 0 bridgehead atoms. The molecule has 1 amide bonds. The summed E-state index contributed by atoms with van der Waals surface area (Å²) in [6.45, 7) is 5.02. The standard InChI is InChI=1S/C83H165NO5/c1-3-5-7-9-11-13-15-17-19-44-47-51-55-59-63-67-71-75-81(86)80(79-85)84-82(87)76-72-68-64-60-56-52-48-45-42-40-38-36-34-32-30-28-26-24-22-21-23-25-27-29-31-33-35-37-39-41-43-46-50-54-58-62-66-70-74-78-89-83(88)77-73-69-65-61-57-53-49-20-18-16-14-12-10-8-6-4-2/h80-81,85-86H,3-79H2,1-2H3,(H,84,87). The van der Waals surface area contributed by atoms with Crippen molar-refractivity contribution < 1.29 is 24.5 Å². The van der Waals surface area contributed by atoms with Crippen LogP contribution < -0.4 is 5.32 Å². The van der Waals surface area contributed by atoms with Crippen molar-refractivity contribution in [3.8, 4) is 0 Å². The number of carbonyl (C=O) groups excluding carboxylic acids is 2. The van der Waals surface area contributed by atoms with Gasteiger partial charge in [-0.3, -0.25) is 9.59 Å². The van der Waals surface area contributed by atoms with Crippen molar-refractivity contribution >= 4 is 11.9 Å². The summed E-state index contributed by atoms with van der Waals surface area (Å²) in [5.74, 6) is 0.00538. The fraction of sp³-hybridized carbons (Fsp3) is 0.976. The van der Waals surface area contributed by atoms with Gasteiger partial charge in [-0.2, -0.15) is 0 Å². The molecule has 0 saturated carbocycles. The molecule has 0 heterocycles. The number of ether oxygens (including phenoxy) is 1. The van der Waals surface area contributed by atoms with Gasteiger partial charge in [0.05, 0.1) is 25.4 Å². The van der Waals surface area contributed by atoms with E-state index in [9.17, 15) is 19.8 Å². The minimum Gasteiger partial charge on any atom is -0.466 e. The zero-order valence-corrected chi connectivity index (χ0v) is 61.2. The van der Waals surface area contributed by atoms with Gasteiger partial charge < -0.3 is 20.3 Å². The first kappa shape index (κ1) is 87.9. The third kappa shape index (κ3) is 75.8. The van der Waals surface area contributed by atoms with Gasteiger partial charge in [-0.1, -0.05) is 457 Å². The number of esters is 1. The van der Waals surface area contributed by atoms with Crippen LogP contribution in [0, 0.1) is 0 Å². The minimum atomic E-state index is -0.659. The molecule has 0 aliphatic carbocycles. The lowest BCUT2D eigenvalue weighted by atomic mass is 10.0. The van der Waals surface area contributed by atoms with Gasteiger partial charge in [-0.15, -0.1) is 0 Å². The van der Waals surface area contributed by atoms with E-state index >= 15 is 0 Å². The normalized spacial score (nSPS) is 12.4. The number of hydrogen-bond acceptors (Lipinski definition) is 5. The van der Waals surface area contributed by atoms with Crippen molar-refractivity contribution in [3.63, 3.8) is 0 Å². The Kier molecular flexibility index (Phi) is 78.3. The maximum Gasteiger partial charge on any atom is 0.305 e. The van der Waals surface area contributed by atoms with E-state index in [1.807, 2.05) is 0 Å². The summed E-state index contributed by atoms with van der Waals surface area (Å²) in [5, 5.41) is 23.4. The number of aliphatic hydroxyl groups excluding tert-OH is 2. The zero-order valence-electron chi connectivity index (χ0n) is 61.2. The molecule has 3 N–H and O–H groups in total. The molecule has 6 heteroatoms. The molecule has 0 aromatic heterocycles. The average Bonchev–Trinajstić information content (AvgIpc) is 3.62. The fourth-order valence-corrected chi connectivity index (χ4v) is 13.8. The second-order valence-corrected chi connectivity index (χ2v) is 29.2. The number of hydrogen-bond donors (Lipinski definition) is 3. The van der Waals surface area contributed by atoms with Crippen LogP contribution in [0.2, 0.25) is 0 Å². The van der Waals surface area contributed by atoms with Gasteiger partial charge >= 0.3 is 5.97 Å². The minimum absolute atomic E-state index is 0.0236. The van der Waals surface area contributed by atoms with Crippen LogP contribution in [0.4, 0.5) is 0 Å². The summed E-state index contributed by atoms with van der Waals surface area (Å²) in [6.07, 6.45) is 99.4. The Hall–Kier alpha value is -1.14. The average molecular weight is 1260 g/mol. The number of aliphatic hydroxyl groups is 2. The van der Waals surface area contributed by atoms with E-state index < -0.39 is 12.1 Å². The predicted molar refractivity (Wildman–Crippen MR) is 394 cm³/mol. The third-order valence-electron chi connectivity index (χ3n) is 20.2. The van der Waals surface area contributed by atoms with E-state index in [2.05, 4.69) is 19.2 Å². The lowest BCUT2D eigenvalue weighted by Gasteiger charge is -2.22. The van der Waals surface area contributed by atoms with E-state index in [0.717, 1.165) is 38.5 Å². The van der Waals surface area contributed by atoms with Crippen LogP contribution in [0.15, 0.2) is 0 Å². The van der Waals surface area contributed by atoms with Crippen molar-refractivity contribution in [2.75, 3.05) is 13.2 Å². The molecule has 2 unspecified atom stereocenters. The molecule has 0 fully saturated rings. The van der Waals surface area contributed by atoms with Crippen LogP contribution in [-0.4, -0.2) is 47.4 Å². The van der Waals surface area contributed by atoms with E-state index in [0.29, 0.717) is 25.9 Å². The van der Waals surface area contributed by atoms with Gasteiger partial charge in [0.15, 0.2) is 0 Å². The summed E-state index contributed by atoms with van der Waals surface area (Å²) in [7, 11) is 0. The van der Waals surface area contributed by atoms with E-state index in [4.69, 9.17) is 4.74 Å². The smallest absolute Gasteiger partial charge is 0.305 e. The molecule has 0 saturated heterocycles. The topological polar surface area (TPSA) is 95.9 Å². The van der Waals surface area contributed by atoms with Crippen LogP contribution in [0.3, 0.4) is 0 Å². The number of rotatable bonds is 80. The summed E-state index contributed by atoms with van der Waals surface area (Å²) in [6, 6.07) is -0.536. The number of nitrogens with one attached hydrogen (secondary N) is 1. The Morgan fingerprint density at radius 2 is 0.461 bits per heavy atom. The molecular weight excluding hydrogens is 1090 g/mol. The highest BCUT2D eigenvalue weighted by Gasteiger charge is 2.20. The first-order chi connectivity index (χ1) is 44.0. The van der Waals surface area contributed by atoms with E-state index in [1.54, 1.807) is 0 Å². The highest BCUT2D eigenvalue weighted by molar-refractivity contribution is 5.76. The first-order valence-corrected chi connectivity index (χ1v) is 41.8. The molecule has 89 heavy (non-hydrogen) atoms.